The first-order valence-corrected chi connectivity index (χ1v) is 13.5. The Kier molecular flexibility index (Phi) is 5.85. The molecule has 5 aliphatic rings. The van der Waals surface area contributed by atoms with E-state index in [-0.39, 0.29) is 12.2 Å². The van der Waals surface area contributed by atoms with Crippen LogP contribution in [0.2, 0.25) is 0 Å². The van der Waals surface area contributed by atoms with Gasteiger partial charge in [0.05, 0.1) is 12.7 Å². The van der Waals surface area contributed by atoms with Gasteiger partial charge in [0, 0.05) is 6.04 Å². The van der Waals surface area contributed by atoms with Crippen molar-refractivity contribution in [2.45, 2.75) is 110 Å². The third-order valence-corrected chi connectivity index (χ3v) is 11.1. The number of fused-ring (bicyclic) bond motifs is 5. The molecule has 31 heavy (non-hydrogen) atoms. The summed E-state index contributed by atoms with van der Waals surface area (Å²) in [6, 6.07) is 0.375. The van der Waals surface area contributed by atoms with Crippen LogP contribution in [0.4, 0.5) is 4.79 Å². The van der Waals surface area contributed by atoms with Gasteiger partial charge in [0.15, 0.2) is 0 Å². The summed E-state index contributed by atoms with van der Waals surface area (Å²) in [5.41, 5.74) is 0.861. The van der Waals surface area contributed by atoms with Crippen LogP contribution in [0.1, 0.15) is 97.8 Å². The van der Waals surface area contributed by atoms with Gasteiger partial charge >= 0.3 is 6.09 Å². The number of aliphatic hydroxyl groups excluding tert-OH is 1. The molecule has 4 nitrogen and oxygen atoms in total. The summed E-state index contributed by atoms with van der Waals surface area (Å²) >= 11 is 0. The molecule has 5 saturated carbocycles. The highest BCUT2D eigenvalue weighted by Crippen LogP contribution is 2.69. The number of carbonyl (C=O) groups excluding carboxylic acids is 1. The van der Waals surface area contributed by atoms with Crippen LogP contribution in [0.5, 0.6) is 0 Å². The number of carbonyl (C=O) groups is 1. The second-order valence-electron chi connectivity index (χ2n) is 12.5. The molecule has 0 aromatic heterocycles. The van der Waals surface area contributed by atoms with Crippen LogP contribution < -0.4 is 5.32 Å². The van der Waals surface area contributed by atoms with E-state index in [1.807, 2.05) is 0 Å². The van der Waals surface area contributed by atoms with Crippen molar-refractivity contribution >= 4 is 6.09 Å². The van der Waals surface area contributed by atoms with Gasteiger partial charge in [-0.1, -0.05) is 27.2 Å². The smallest absolute Gasteiger partial charge is 0.407 e. The number of amides is 1. The zero-order valence-electron chi connectivity index (χ0n) is 20.1. The van der Waals surface area contributed by atoms with Crippen molar-refractivity contribution in [2.24, 2.45) is 46.3 Å². The van der Waals surface area contributed by atoms with Crippen LogP contribution in [0.15, 0.2) is 0 Å². The van der Waals surface area contributed by atoms with Crippen LogP contribution in [-0.2, 0) is 4.74 Å². The molecule has 5 unspecified atom stereocenters. The maximum atomic E-state index is 11.9. The highest BCUT2D eigenvalue weighted by molar-refractivity contribution is 5.67. The zero-order valence-corrected chi connectivity index (χ0v) is 20.1. The van der Waals surface area contributed by atoms with E-state index in [4.69, 9.17) is 4.74 Å². The number of ether oxygens (including phenoxy) is 1. The van der Waals surface area contributed by atoms with Crippen LogP contribution in [0.25, 0.3) is 0 Å². The van der Waals surface area contributed by atoms with E-state index in [1.54, 1.807) is 0 Å². The first kappa shape index (κ1) is 22.0. The first-order chi connectivity index (χ1) is 14.8. The monoisotopic (exact) mass is 431 g/mol. The molecule has 0 aliphatic heterocycles. The summed E-state index contributed by atoms with van der Waals surface area (Å²) in [7, 11) is 0. The average Bonchev–Trinajstić information content (AvgIpc) is 3.48. The Labute approximate surface area is 189 Å². The predicted octanol–water partition coefficient (Wildman–Crippen LogP) is 5.92. The van der Waals surface area contributed by atoms with Gasteiger partial charge in [0.2, 0.25) is 0 Å². The number of hydrogen-bond donors (Lipinski definition) is 2. The van der Waals surface area contributed by atoms with Gasteiger partial charge in [-0.15, -0.1) is 0 Å². The molecule has 1 amide bonds. The standard InChI is InChI=1S/C27H45NO3/c1-4-17-15-21-22-8-5-18(11-14-31-25(30)28-19-6-7-19)26(22,2)13-10-23(21)27(3)12-9-20(29)16-24(17)27/h17-24,29H,4-16H2,1-3H3,(H,28,30)/t17-,18+,20+,21?,22?,23-,24?,26?,27?/m0/s1. The molecule has 0 radical (unpaired) electrons. The summed E-state index contributed by atoms with van der Waals surface area (Å²) in [5, 5.41) is 13.4. The number of nitrogens with one attached hydrogen (secondary N) is 1. The summed E-state index contributed by atoms with van der Waals surface area (Å²) in [4.78, 5) is 11.9. The minimum atomic E-state index is -0.206. The molecule has 176 valence electrons. The van der Waals surface area contributed by atoms with Crippen LogP contribution in [-0.4, -0.2) is 30.0 Å². The lowest BCUT2D eigenvalue weighted by Crippen LogP contribution is -2.56. The van der Waals surface area contributed by atoms with Gasteiger partial charge in [-0.05, 0) is 117 Å². The van der Waals surface area contributed by atoms with Crippen LogP contribution in [0.3, 0.4) is 0 Å². The normalized spacial score (nSPS) is 49.0. The van der Waals surface area contributed by atoms with Gasteiger partial charge < -0.3 is 15.2 Å². The lowest BCUT2D eigenvalue weighted by Gasteiger charge is -2.63. The molecule has 0 spiro atoms. The van der Waals surface area contributed by atoms with Crippen molar-refractivity contribution in [1.29, 1.82) is 0 Å². The van der Waals surface area contributed by atoms with Gasteiger partial charge in [0.25, 0.3) is 0 Å². The average molecular weight is 432 g/mol. The fourth-order valence-corrected chi connectivity index (χ4v) is 9.25. The van der Waals surface area contributed by atoms with Crippen molar-refractivity contribution in [3.8, 4) is 0 Å². The van der Waals surface area contributed by atoms with Crippen molar-refractivity contribution < 1.29 is 14.6 Å². The predicted molar refractivity (Wildman–Crippen MR) is 123 cm³/mol. The molecule has 0 aromatic carbocycles. The van der Waals surface area contributed by atoms with E-state index < -0.39 is 0 Å². The van der Waals surface area contributed by atoms with Gasteiger partial charge in [-0.25, -0.2) is 4.79 Å². The summed E-state index contributed by atoms with van der Waals surface area (Å²) in [6.07, 6.45) is 14.3. The Morgan fingerprint density at radius 3 is 2.45 bits per heavy atom. The molecule has 4 heteroatoms. The first-order valence-electron chi connectivity index (χ1n) is 13.5. The zero-order chi connectivity index (χ0) is 21.8. The minimum Gasteiger partial charge on any atom is -0.450 e. The molecule has 0 heterocycles. The number of rotatable bonds is 5. The highest BCUT2D eigenvalue weighted by Gasteiger charge is 2.61. The molecule has 2 N–H and O–H groups in total. The SMILES string of the molecule is CC[C@H]1CC2C3CC[C@H](CCOC(=O)NC4CC4)C3(C)CC[C@@H]2C2(C)CC[C@@H](O)CC12. The molecule has 9 atom stereocenters. The summed E-state index contributed by atoms with van der Waals surface area (Å²) in [5.74, 6) is 4.77. The Bertz CT molecular complexity index is 677. The lowest BCUT2D eigenvalue weighted by atomic mass is 9.42. The maximum Gasteiger partial charge on any atom is 0.407 e. The topological polar surface area (TPSA) is 58.6 Å². The van der Waals surface area contributed by atoms with Gasteiger partial charge in [-0.3, -0.25) is 0 Å². The van der Waals surface area contributed by atoms with E-state index >= 15 is 0 Å². The Hall–Kier alpha value is -0.770. The highest BCUT2D eigenvalue weighted by atomic mass is 16.5. The van der Waals surface area contributed by atoms with Crippen molar-refractivity contribution in [3.05, 3.63) is 0 Å². The fraction of sp³-hybridized carbons (Fsp3) is 0.963. The third kappa shape index (κ3) is 3.83. The Morgan fingerprint density at radius 1 is 0.968 bits per heavy atom. The number of aliphatic hydroxyl groups is 1. The summed E-state index contributed by atoms with van der Waals surface area (Å²) in [6.45, 7) is 8.14. The van der Waals surface area contributed by atoms with Crippen molar-refractivity contribution in [3.63, 3.8) is 0 Å². The summed E-state index contributed by atoms with van der Waals surface area (Å²) < 4.78 is 5.54. The third-order valence-electron chi connectivity index (χ3n) is 11.1. The van der Waals surface area contributed by atoms with E-state index in [2.05, 4.69) is 26.1 Å². The van der Waals surface area contributed by atoms with E-state index in [9.17, 15) is 9.90 Å². The molecule has 0 bridgehead atoms. The molecular weight excluding hydrogens is 386 g/mol. The van der Waals surface area contributed by atoms with E-state index in [1.165, 1.54) is 44.9 Å². The van der Waals surface area contributed by atoms with Crippen LogP contribution >= 0.6 is 0 Å². The van der Waals surface area contributed by atoms with E-state index in [0.29, 0.717) is 29.4 Å². The largest absolute Gasteiger partial charge is 0.450 e. The molecule has 0 saturated heterocycles. The Balaban J connectivity index is 1.26. The van der Waals surface area contributed by atoms with Gasteiger partial charge in [0.1, 0.15) is 0 Å². The molecule has 5 rings (SSSR count). The van der Waals surface area contributed by atoms with E-state index in [0.717, 1.165) is 61.7 Å². The molecule has 5 fully saturated rings. The molecular formula is C27H45NO3. The molecule has 0 aromatic rings. The quantitative estimate of drug-likeness (QED) is 0.568. The number of alkyl carbamates (subject to hydrolysis) is 1. The number of hydrogen-bond acceptors (Lipinski definition) is 3. The van der Waals surface area contributed by atoms with Crippen molar-refractivity contribution in [1.82, 2.24) is 5.32 Å². The van der Waals surface area contributed by atoms with Crippen LogP contribution in [0, 0.1) is 46.3 Å². The minimum absolute atomic E-state index is 0.0643. The van der Waals surface area contributed by atoms with Gasteiger partial charge in [-0.2, -0.15) is 0 Å². The second-order valence-corrected chi connectivity index (χ2v) is 12.5. The van der Waals surface area contributed by atoms with Crippen molar-refractivity contribution in [2.75, 3.05) is 6.61 Å². The second kappa shape index (κ2) is 8.22. The fourth-order valence-electron chi connectivity index (χ4n) is 9.25. The Morgan fingerprint density at radius 2 is 1.71 bits per heavy atom. The lowest BCUT2D eigenvalue weighted by molar-refractivity contribution is -0.151. The molecule has 5 aliphatic carbocycles. The maximum absolute atomic E-state index is 11.9.